The molecule has 0 spiro atoms. The van der Waals surface area contributed by atoms with Crippen molar-refractivity contribution < 1.29 is 111 Å². The SMILES string of the molecule is C.Cc1cc(C(=O)NCC(=O)NC2CN(C3CCC(O)(c4nccs4)CC3)C2)cc(C(F)(F)F)c1.Cc1ccc(C(F)(F)F)cc1C(=O)NCC(=O)NC1CN(C2CCC(O)(c3nccs3)CC2)C1.Cc1ccc(C2(O)CCC(N3CC(NC(=O)CNC(=O)c4cc(C(F)(F)F)ccc4C)C3)CC2)cn1.Cc1ccc(C2(O)CCC(N3CC(NC(=O)CNC(=O)c4cc(C(F)(F)F)ccc4C)C3)CC2)cn1. The third kappa shape index (κ3) is 28.6. The molecule has 0 unspecified atom stereocenters. The lowest BCUT2D eigenvalue weighted by molar-refractivity contribution is -0.138. The number of aromatic nitrogens is 4. The predicted molar refractivity (Wildman–Crippen MR) is 502 cm³/mol. The number of carbonyl (C=O) groups excluding carboxylic acids is 8. The van der Waals surface area contributed by atoms with E-state index < -0.39 is 93.0 Å². The van der Waals surface area contributed by atoms with Crippen LogP contribution in [-0.4, -0.2) is 234 Å². The molecule has 4 saturated heterocycles. The zero-order valence-corrected chi connectivity index (χ0v) is 79.7. The fraction of sp³-hybridized carbons (Fsp3) is 0.515. The topological polar surface area (TPSA) is 378 Å². The van der Waals surface area contributed by atoms with Crippen LogP contribution in [0, 0.1) is 41.5 Å². The van der Waals surface area contributed by atoms with Gasteiger partial charge in [-0.15, -0.1) is 22.7 Å². The lowest BCUT2D eigenvalue weighted by Crippen LogP contribution is -2.63. The van der Waals surface area contributed by atoms with E-state index in [9.17, 15) is 111 Å². The molecule has 4 aliphatic carbocycles. The summed E-state index contributed by atoms with van der Waals surface area (Å²) in [4.78, 5) is 125. The standard InChI is InChI=1S/2C26H31F3N4O3.2C23H27F3N4O3S.CH4/c2*1-16-3-5-18(26(27,28)29)11-22(16)24(35)31-13-23(34)32-20-14-33(15-20)21-7-9-25(36,10-8-21)19-6-4-17(2)30-12-19;1-14-8-15(10-16(9-14)23(24,25)26)20(32)28-11-19(31)29-17-12-30(13-17)18-2-4-22(33,5-3-18)21-27-6-7-34-21;1-14-2-3-15(23(24,25)26)10-18(14)20(32)28-11-19(31)29-16-12-30(13-16)17-4-6-22(33,7-5-17)21-27-8-9-34-21;/h2*3-6,11-12,20-21,36H,7-10,13-15H2,1-2H3,(H,31,35)(H,32,34);6-10,17-18,33H,2-5,11-13H2,1H3,(H,28,32)(H,29,31);2-3,8-10,16-17,33H,4-7,11-13H2,1H3,(H,28,32)(H,29,31);1H4. The third-order valence-electron chi connectivity index (χ3n) is 27.6. The molecule has 4 aromatic carbocycles. The summed E-state index contributed by atoms with van der Waals surface area (Å²) in [5.74, 6) is -4.43. The smallest absolute Gasteiger partial charge is 0.385 e. The van der Waals surface area contributed by atoms with Crippen LogP contribution in [0.15, 0.2) is 133 Å². The Labute approximate surface area is 816 Å². The van der Waals surface area contributed by atoms with E-state index in [1.54, 1.807) is 45.6 Å². The van der Waals surface area contributed by atoms with Gasteiger partial charge in [-0.2, -0.15) is 52.7 Å². The van der Waals surface area contributed by atoms with E-state index in [1.165, 1.54) is 53.9 Å². The van der Waals surface area contributed by atoms with Gasteiger partial charge in [0.05, 0.1) is 83.8 Å². The number of likely N-dealkylation sites (tertiary alicyclic amines) is 4. The van der Waals surface area contributed by atoms with E-state index in [-0.39, 0.29) is 104 Å². The maximum atomic E-state index is 13.0. The Bertz CT molecular complexity index is 5470. The molecule has 28 nitrogen and oxygen atoms in total. The minimum absolute atomic E-state index is 0. The number of alkyl halides is 12. The molecule has 764 valence electrons. The first kappa shape index (κ1) is 109. The summed E-state index contributed by atoms with van der Waals surface area (Å²) in [5.41, 5.74) is -2.45. The number of benzene rings is 4. The molecule has 4 aliphatic heterocycles. The summed E-state index contributed by atoms with van der Waals surface area (Å²) >= 11 is 2.94. The maximum absolute atomic E-state index is 13.0. The van der Waals surface area contributed by atoms with Gasteiger partial charge >= 0.3 is 24.7 Å². The molecule has 8 aromatic rings. The van der Waals surface area contributed by atoms with Gasteiger partial charge in [0.25, 0.3) is 23.6 Å². The van der Waals surface area contributed by atoms with Gasteiger partial charge in [-0.3, -0.25) is 67.9 Å². The quantitative estimate of drug-likeness (QED) is 0.0250. The fourth-order valence-corrected chi connectivity index (χ4v) is 20.7. The van der Waals surface area contributed by atoms with Gasteiger partial charge in [-0.25, -0.2) is 9.97 Å². The molecular weight excluding hydrogens is 1900 g/mol. The first-order chi connectivity index (χ1) is 66.0. The van der Waals surface area contributed by atoms with E-state index in [0.717, 1.165) is 132 Å². The second kappa shape index (κ2) is 45.7. The molecule has 8 amide bonds. The molecule has 4 saturated carbocycles. The Hall–Kier alpha value is -11.0. The largest absolute Gasteiger partial charge is 0.416 e. The van der Waals surface area contributed by atoms with Crippen molar-refractivity contribution in [1.29, 1.82) is 0 Å². The highest BCUT2D eigenvalue weighted by atomic mass is 32.1. The number of rotatable bonds is 24. The van der Waals surface area contributed by atoms with Gasteiger partial charge in [0.2, 0.25) is 23.6 Å². The molecule has 42 heteroatoms. The van der Waals surface area contributed by atoms with Crippen LogP contribution in [-0.2, 0) is 66.3 Å². The molecule has 8 heterocycles. The number of pyridine rings is 2. The van der Waals surface area contributed by atoms with Gasteiger partial charge in [0.1, 0.15) is 21.2 Å². The van der Waals surface area contributed by atoms with Crippen molar-refractivity contribution in [3.8, 4) is 0 Å². The summed E-state index contributed by atoms with van der Waals surface area (Å²) in [7, 11) is 0. The predicted octanol–water partition coefficient (Wildman–Crippen LogP) is 12.5. The molecule has 12 N–H and O–H groups in total. The highest BCUT2D eigenvalue weighted by Gasteiger charge is 2.48. The van der Waals surface area contributed by atoms with Crippen LogP contribution in [0.1, 0.15) is 229 Å². The van der Waals surface area contributed by atoms with Crippen molar-refractivity contribution in [1.82, 2.24) is 82.1 Å². The van der Waals surface area contributed by atoms with Crippen LogP contribution < -0.4 is 42.5 Å². The van der Waals surface area contributed by atoms with Crippen LogP contribution >= 0.6 is 22.7 Å². The Morgan fingerprint density at radius 2 is 0.617 bits per heavy atom. The van der Waals surface area contributed by atoms with Crippen LogP contribution in [0.4, 0.5) is 52.7 Å². The third-order valence-corrected chi connectivity index (χ3v) is 29.5. The number of aryl methyl sites for hydroxylation is 6. The van der Waals surface area contributed by atoms with E-state index in [1.807, 2.05) is 48.9 Å². The highest BCUT2D eigenvalue weighted by molar-refractivity contribution is 7.10. The van der Waals surface area contributed by atoms with Gasteiger partial charge in [0, 0.05) is 157 Å². The van der Waals surface area contributed by atoms with E-state index in [0.29, 0.717) is 150 Å². The molecule has 4 aromatic heterocycles. The lowest BCUT2D eigenvalue weighted by atomic mass is 9.77. The maximum Gasteiger partial charge on any atom is 0.416 e. The van der Waals surface area contributed by atoms with Crippen LogP contribution in [0.3, 0.4) is 0 Å². The van der Waals surface area contributed by atoms with Gasteiger partial charge in [0.15, 0.2) is 0 Å². The van der Waals surface area contributed by atoms with E-state index >= 15 is 0 Å². The average Bonchev–Trinajstić information content (AvgIpc) is 1.65. The van der Waals surface area contributed by atoms with Crippen LogP contribution in [0.2, 0.25) is 0 Å². The number of amides is 8. The normalized spacial score (nSPS) is 23.3. The summed E-state index contributed by atoms with van der Waals surface area (Å²) in [5, 5.41) is 70.0. The number of carbonyl (C=O) groups is 8. The number of hydrogen-bond acceptors (Lipinski definition) is 22. The second-order valence-corrected chi connectivity index (χ2v) is 39.7. The van der Waals surface area contributed by atoms with Gasteiger partial charge < -0.3 is 63.0 Å². The molecular formula is C99H120F12N16O12S2. The number of hydrogen-bond donors (Lipinski definition) is 12. The van der Waals surface area contributed by atoms with Crippen molar-refractivity contribution in [2.75, 3.05) is 78.5 Å². The Morgan fingerprint density at radius 1 is 0.348 bits per heavy atom. The molecule has 8 fully saturated rings. The van der Waals surface area contributed by atoms with Crippen molar-refractivity contribution in [3.05, 3.63) is 232 Å². The summed E-state index contributed by atoms with van der Waals surface area (Å²) in [6.07, 6.45) is 0.696. The fourth-order valence-electron chi connectivity index (χ4n) is 19.1. The van der Waals surface area contributed by atoms with E-state index in [2.05, 4.69) is 82.1 Å². The minimum Gasteiger partial charge on any atom is -0.385 e. The minimum atomic E-state index is -4.55. The van der Waals surface area contributed by atoms with Crippen molar-refractivity contribution in [3.63, 3.8) is 0 Å². The number of nitrogens with zero attached hydrogens (tertiary/aromatic N) is 8. The molecule has 141 heavy (non-hydrogen) atoms. The number of nitrogens with one attached hydrogen (secondary N) is 8. The lowest BCUT2D eigenvalue weighted by Gasteiger charge is -2.48. The highest BCUT2D eigenvalue weighted by Crippen LogP contribution is 2.46. The second-order valence-electron chi connectivity index (χ2n) is 37.9. The number of thiazole rings is 2. The molecule has 8 aliphatic rings. The molecule has 16 rings (SSSR count). The summed E-state index contributed by atoms with van der Waals surface area (Å²) in [6.45, 7) is 14.2. The first-order valence-electron chi connectivity index (χ1n) is 46.5. The number of aliphatic hydroxyl groups is 4. The van der Waals surface area contributed by atoms with E-state index in [4.69, 9.17) is 0 Å². The average molecular weight is 2020 g/mol. The van der Waals surface area contributed by atoms with Crippen molar-refractivity contribution >= 4 is 69.9 Å². The summed E-state index contributed by atoms with van der Waals surface area (Å²) in [6, 6.07) is 20.9. The molecule has 0 bridgehead atoms. The Balaban J connectivity index is 0.000000168. The Kier molecular flexibility index (Phi) is 35.3. The summed E-state index contributed by atoms with van der Waals surface area (Å²) < 4.78 is 155. The van der Waals surface area contributed by atoms with Crippen molar-refractivity contribution in [2.45, 2.75) is 247 Å². The van der Waals surface area contributed by atoms with Gasteiger partial charge in [-0.1, -0.05) is 37.8 Å². The Morgan fingerprint density at radius 3 is 0.865 bits per heavy atom. The van der Waals surface area contributed by atoms with Gasteiger partial charge in [-0.05, 0) is 233 Å². The molecule has 0 radical (unpaired) electrons. The zero-order chi connectivity index (χ0) is 101. The molecule has 0 atom stereocenters. The van der Waals surface area contributed by atoms with Crippen LogP contribution in [0.25, 0.3) is 0 Å². The first-order valence-corrected chi connectivity index (χ1v) is 48.3. The monoisotopic (exact) mass is 2020 g/mol. The van der Waals surface area contributed by atoms with Crippen LogP contribution in [0.5, 0.6) is 0 Å². The van der Waals surface area contributed by atoms with Crippen molar-refractivity contribution in [2.24, 2.45) is 0 Å². The zero-order valence-electron chi connectivity index (χ0n) is 78.1. The number of halogens is 12.